The van der Waals surface area contributed by atoms with Gasteiger partial charge in [-0.05, 0) is 26.1 Å². The first-order valence-corrected chi connectivity index (χ1v) is 7.13. The summed E-state index contributed by atoms with van der Waals surface area (Å²) in [6.45, 7) is 6.38. The SMILES string of the molecule is CNC(=O)[C@@H]1CN(C)CCN(Cc2cccc(C)n2)C1. The third-order valence-electron chi connectivity index (χ3n) is 3.76. The van der Waals surface area contributed by atoms with Gasteiger partial charge in [0.1, 0.15) is 0 Å². The van der Waals surface area contributed by atoms with Crippen LogP contribution in [-0.4, -0.2) is 61.0 Å². The van der Waals surface area contributed by atoms with Crippen LogP contribution in [0.25, 0.3) is 0 Å². The van der Waals surface area contributed by atoms with Crippen molar-refractivity contribution in [3.63, 3.8) is 0 Å². The van der Waals surface area contributed by atoms with Crippen LogP contribution in [0.1, 0.15) is 11.4 Å². The maximum Gasteiger partial charge on any atom is 0.225 e. The summed E-state index contributed by atoms with van der Waals surface area (Å²) in [5, 5.41) is 2.77. The molecule has 0 unspecified atom stereocenters. The zero-order chi connectivity index (χ0) is 14.5. The summed E-state index contributed by atoms with van der Waals surface area (Å²) < 4.78 is 0. The molecular weight excluding hydrogens is 252 g/mol. The molecule has 1 amide bonds. The summed E-state index contributed by atoms with van der Waals surface area (Å²) in [7, 11) is 3.78. The summed E-state index contributed by atoms with van der Waals surface area (Å²) in [5.41, 5.74) is 2.11. The van der Waals surface area contributed by atoms with Gasteiger partial charge in [-0.2, -0.15) is 0 Å². The molecule has 1 aromatic rings. The van der Waals surface area contributed by atoms with E-state index in [1.165, 1.54) is 0 Å². The van der Waals surface area contributed by atoms with Crippen LogP contribution in [0, 0.1) is 12.8 Å². The second kappa shape index (κ2) is 6.81. The second-order valence-electron chi connectivity index (χ2n) is 5.58. The smallest absolute Gasteiger partial charge is 0.225 e. The van der Waals surface area contributed by atoms with Crippen molar-refractivity contribution in [1.82, 2.24) is 20.1 Å². The summed E-state index contributed by atoms with van der Waals surface area (Å²) >= 11 is 0. The molecule has 0 radical (unpaired) electrons. The van der Waals surface area contributed by atoms with Crippen LogP contribution < -0.4 is 5.32 Å². The first-order valence-electron chi connectivity index (χ1n) is 7.13. The number of rotatable bonds is 3. The Bertz CT molecular complexity index is 463. The molecule has 1 atom stereocenters. The Morgan fingerprint density at radius 3 is 2.90 bits per heavy atom. The molecule has 0 aliphatic carbocycles. The molecule has 0 aromatic carbocycles. The Balaban J connectivity index is 2.04. The molecule has 1 fully saturated rings. The minimum absolute atomic E-state index is 0.0253. The van der Waals surface area contributed by atoms with Crippen LogP contribution in [0.3, 0.4) is 0 Å². The number of pyridine rings is 1. The Kier molecular flexibility index (Phi) is 5.09. The summed E-state index contributed by atoms with van der Waals surface area (Å²) in [4.78, 5) is 21.0. The molecule has 0 spiro atoms. The lowest BCUT2D eigenvalue weighted by Crippen LogP contribution is -2.39. The normalized spacial score (nSPS) is 21.4. The summed E-state index contributed by atoms with van der Waals surface area (Å²) in [6.07, 6.45) is 0. The van der Waals surface area contributed by atoms with Gasteiger partial charge in [-0.25, -0.2) is 0 Å². The average Bonchev–Trinajstić information content (AvgIpc) is 2.60. The maximum atomic E-state index is 11.9. The first-order chi connectivity index (χ1) is 9.58. The number of nitrogens with one attached hydrogen (secondary N) is 1. The fourth-order valence-corrected chi connectivity index (χ4v) is 2.67. The lowest BCUT2D eigenvalue weighted by atomic mass is 10.1. The summed E-state index contributed by atoms with van der Waals surface area (Å²) in [5.74, 6) is 0.151. The molecule has 5 heteroatoms. The number of hydrogen-bond donors (Lipinski definition) is 1. The van der Waals surface area contributed by atoms with Crippen molar-refractivity contribution in [2.75, 3.05) is 40.3 Å². The zero-order valence-corrected chi connectivity index (χ0v) is 12.6. The van der Waals surface area contributed by atoms with Crippen molar-refractivity contribution in [2.45, 2.75) is 13.5 Å². The van der Waals surface area contributed by atoms with E-state index in [-0.39, 0.29) is 11.8 Å². The van der Waals surface area contributed by atoms with E-state index in [0.717, 1.165) is 44.1 Å². The number of aryl methyl sites for hydroxylation is 1. The Morgan fingerprint density at radius 1 is 1.40 bits per heavy atom. The monoisotopic (exact) mass is 276 g/mol. The van der Waals surface area contributed by atoms with Gasteiger partial charge in [0.15, 0.2) is 0 Å². The van der Waals surface area contributed by atoms with Crippen molar-refractivity contribution >= 4 is 5.91 Å². The fourth-order valence-electron chi connectivity index (χ4n) is 2.67. The molecule has 1 aliphatic heterocycles. The van der Waals surface area contributed by atoms with Crippen LogP contribution in [0.4, 0.5) is 0 Å². The van der Waals surface area contributed by atoms with Crippen LogP contribution in [0.15, 0.2) is 18.2 Å². The highest BCUT2D eigenvalue weighted by Crippen LogP contribution is 2.12. The number of amides is 1. The second-order valence-corrected chi connectivity index (χ2v) is 5.58. The van der Waals surface area contributed by atoms with E-state index >= 15 is 0 Å². The molecule has 2 rings (SSSR count). The highest BCUT2D eigenvalue weighted by molar-refractivity contribution is 5.78. The zero-order valence-electron chi connectivity index (χ0n) is 12.6. The third-order valence-corrected chi connectivity index (χ3v) is 3.76. The average molecular weight is 276 g/mol. The standard InChI is InChI=1S/C15H24N4O/c1-12-5-4-6-14(17-12)11-19-8-7-18(3)9-13(10-19)15(20)16-2/h4-6,13H,7-11H2,1-3H3,(H,16,20)/t13-/m1/s1. The lowest BCUT2D eigenvalue weighted by Gasteiger charge is -2.22. The molecule has 2 heterocycles. The third kappa shape index (κ3) is 4.02. The molecule has 1 N–H and O–H groups in total. The van der Waals surface area contributed by atoms with Crippen molar-refractivity contribution in [1.29, 1.82) is 0 Å². The minimum atomic E-state index is 0.0253. The van der Waals surface area contributed by atoms with Crippen molar-refractivity contribution in [3.05, 3.63) is 29.6 Å². The molecule has 110 valence electrons. The Morgan fingerprint density at radius 2 is 2.20 bits per heavy atom. The quantitative estimate of drug-likeness (QED) is 0.873. The van der Waals surface area contributed by atoms with E-state index in [4.69, 9.17) is 0 Å². The van der Waals surface area contributed by atoms with Gasteiger partial charge in [-0.15, -0.1) is 0 Å². The molecular formula is C15H24N4O. The maximum absolute atomic E-state index is 11.9. The topological polar surface area (TPSA) is 48.5 Å². The van der Waals surface area contributed by atoms with Crippen LogP contribution in [-0.2, 0) is 11.3 Å². The van der Waals surface area contributed by atoms with Gasteiger partial charge in [0, 0.05) is 45.5 Å². The van der Waals surface area contributed by atoms with Crippen molar-refractivity contribution in [2.24, 2.45) is 5.92 Å². The van der Waals surface area contributed by atoms with Crippen LogP contribution in [0.5, 0.6) is 0 Å². The van der Waals surface area contributed by atoms with Gasteiger partial charge in [-0.3, -0.25) is 14.7 Å². The Hall–Kier alpha value is -1.46. The largest absolute Gasteiger partial charge is 0.359 e. The van der Waals surface area contributed by atoms with Gasteiger partial charge in [0.25, 0.3) is 0 Å². The summed E-state index contributed by atoms with van der Waals surface area (Å²) in [6, 6.07) is 6.10. The predicted octanol–water partition coefficient (Wildman–Crippen LogP) is 0.500. The molecule has 1 aromatic heterocycles. The molecule has 1 saturated heterocycles. The van der Waals surface area contributed by atoms with Gasteiger partial charge in [0.05, 0.1) is 11.6 Å². The number of nitrogens with zero attached hydrogens (tertiary/aromatic N) is 3. The van der Waals surface area contributed by atoms with Gasteiger partial charge in [0.2, 0.25) is 5.91 Å². The minimum Gasteiger partial charge on any atom is -0.359 e. The van der Waals surface area contributed by atoms with E-state index < -0.39 is 0 Å². The highest BCUT2D eigenvalue weighted by Gasteiger charge is 2.25. The van der Waals surface area contributed by atoms with E-state index in [9.17, 15) is 4.79 Å². The number of hydrogen-bond acceptors (Lipinski definition) is 4. The molecule has 0 saturated carbocycles. The van der Waals surface area contributed by atoms with Crippen LogP contribution in [0.2, 0.25) is 0 Å². The van der Waals surface area contributed by atoms with E-state index in [1.807, 2.05) is 19.1 Å². The molecule has 5 nitrogen and oxygen atoms in total. The van der Waals surface area contributed by atoms with Crippen molar-refractivity contribution in [3.8, 4) is 0 Å². The number of likely N-dealkylation sites (N-methyl/N-ethyl adjacent to an activating group) is 1. The lowest BCUT2D eigenvalue weighted by molar-refractivity contribution is -0.125. The van der Waals surface area contributed by atoms with Crippen molar-refractivity contribution < 1.29 is 4.79 Å². The number of carbonyl (C=O) groups is 1. The molecule has 20 heavy (non-hydrogen) atoms. The first kappa shape index (κ1) is 14.9. The van der Waals surface area contributed by atoms with E-state index in [2.05, 4.69) is 33.2 Å². The fraction of sp³-hybridized carbons (Fsp3) is 0.600. The highest BCUT2D eigenvalue weighted by atomic mass is 16.1. The van der Waals surface area contributed by atoms with Gasteiger partial charge < -0.3 is 10.2 Å². The number of carbonyl (C=O) groups excluding carboxylic acids is 1. The molecule has 1 aliphatic rings. The molecule has 0 bridgehead atoms. The van der Waals surface area contributed by atoms with Crippen LogP contribution >= 0.6 is 0 Å². The predicted molar refractivity (Wildman–Crippen MR) is 79.3 cm³/mol. The van der Waals surface area contributed by atoms with Gasteiger partial charge >= 0.3 is 0 Å². The van der Waals surface area contributed by atoms with Gasteiger partial charge in [-0.1, -0.05) is 6.07 Å². The van der Waals surface area contributed by atoms with E-state index in [1.54, 1.807) is 7.05 Å². The Labute approximate surface area is 121 Å². The van der Waals surface area contributed by atoms with E-state index in [0.29, 0.717) is 0 Å². The number of aromatic nitrogens is 1.